The van der Waals surface area contributed by atoms with Crippen LogP contribution in [0.2, 0.25) is 0 Å². The number of aryl methyl sites for hydroxylation is 1. The standard InChI is InChI=1S/C11H9N5/c1-7-4-14-10(6-13-7)11-15-8-2-3-12-5-9(8)16-11/h2-6H,1H3,(H,15,16). The van der Waals surface area contributed by atoms with Crippen LogP contribution < -0.4 is 0 Å². The normalized spacial score (nSPS) is 10.8. The van der Waals surface area contributed by atoms with Crippen LogP contribution in [0.3, 0.4) is 0 Å². The van der Waals surface area contributed by atoms with Crippen LogP contribution in [0, 0.1) is 6.92 Å². The first-order chi connectivity index (χ1) is 7.83. The summed E-state index contributed by atoms with van der Waals surface area (Å²) in [6, 6.07) is 1.86. The van der Waals surface area contributed by atoms with E-state index < -0.39 is 0 Å². The Labute approximate surface area is 91.6 Å². The smallest absolute Gasteiger partial charge is 0.158 e. The van der Waals surface area contributed by atoms with Crippen LogP contribution in [-0.2, 0) is 0 Å². The van der Waals surface area contributed by atoms with Crippen molar-refractivity contribution in [3.63, 3.8) is 0 Å². The van der Waals surface area contributed by atoms with Crippen LogP contribution in [0.15, 0.2) is 30.9 Å². The molecule has 3 aromatic heterocycles. The van der Waals surface area contributed by atoms with Crippen LogP contribution in [-0.4, -0.2) is 24.9 Å². The number of aromatic nitrogens is 5. The van der Waals surface area contributed by atoms with E-state index in [1.807, 2.05) is 13.0 Å². The van der Waals surface area contributed by atoms with Gasteiger partial charge in [0.2, 0.25) is 0 Å². The monoisotopic (exact) mass is 211 g/mol. The van der Waals surface area contributed by atoms with Crippen molar-refractivity contribution < 1.29 is 0 Å². The van der Waals surface area contributed by atoms with Gasteiger partial charge in [0.15, 0.2) is 5.82 Å². The molecular formula is C11H9N5. The lowest BCUT2D eigenvalue weighted by molar-refractivity contribution is 1.10. The summed E-state index contributed by atoms with van der Waals surface area (Å²) >= 11 is 0. The highest BCUT2D eigenvalue weighted by atomic mass is 15.0. The third-order valence-electron chi connectivity index (χ3n) is 2.31. The van der Waals surface area contributed by atoms with Crippen molar-refractivity contribution >= 4 is 11.0 Å². The molecular weight excluding hydrogens is 202 g/mol. The molecule has 0 saturated heterocycles. The van der Waals surface area contributed by atoms with E-state index >= 15 is 0 Å². The lowest BCUT2D eigenvalue weighted by Crippen LogP contribution is -1.89. The Hall–Kier alpha value is -2.30. The molecule has 0 unspecified atom stereocenters. The zero-order valence-electron chi connectivity index (χ0n) is 8.68. The Morgan fingerprint density at radius 1 is 1.12 bits per heavy atom. The maximum Gasteiger partial charge on any atom is 0.158 e. The van der Waals surface area contributed by atoms with Gasteiger partial charge in [-0.05, 0) is 13.0 Å². The summed E-state index contributed by atoms with van der Waals surface area (Å²) in [4.78, 5) is 20.1. The van der Waals surface area contributed by atoms with E-state index in [-0.39, 0.29) is 0 Å². The molecule has 0 saturated carbocycles. The van der Waals surface area contributed by atoms with Crippen LogP contribution in [0.25, 0.3) is 22.6 Å². The fraction of sp³-hybridized carbons (Fsp3) is 0.0909. The zero-order chi connectivity index (χ0) is 11.0. The molecule has 3 heterocycles. The quantitative estimate of drug-likeness (QED) is 0.665. The van der Waals surface area contributed by atoms with Crippen molar-refractivity contribution in [2.24, 2.45) is 0 Å². The van der Waals surface area contributed by atoms with Crippen LogP contribution in [0.5, 0.6) is 0 Å². The number of fused-ring (bicyclic) bond motifs is 1. The molecule has 78 valence electrons. The lowest BCUT2D eigenvalue weighted by Gasteiger charge is -1.94. The molecule has 0 radical (unpaired) electrons. The largest absolute Gasteiger partial charge is 0.335 e. The van der Waals surface area contributed by atoms with Crippen LogP contribution in [0.4, 0.5) is 0 Å². The second-order valence-corrected chi connectivity index (χ2v) is 3.52. The molecule has 0 amide bonds. The molecule has 0 aliphatic rings. The van der Waals surface area contributed by atoms with E-state index in [2.05, 4.69) is 24.9 Å². The molecule has 0 bridgehead atoms. The number of H-pyrrole nitrogens is 1. The maximum atomic E-state index is 4.41. The minimum Gasteiger partial charge on any atom is -0.335 e. The summed E-state index contributed by atoms with van der Waals surface area (Å²) in [6.07, 6.45) is 6.89. The van der Waals surface area contributed by atoms with Gasteiger partial charge in [0.1, 0.15) is 5.69 Å². The molecule has 0 aromatic carbocycles. The Kier molecular flexibility index (Phi) is 1.89. The van der Waals surface area contributed by atoms with Crippen molar-refractivity contribution in [1.82, 2.24) is 24.9 Å². The summed E-state index contributed by atoms with van der Waals surface area (Å²) in [7, 11) is 0. The maximum absolute atomic E-state index is 4.41. The van der Waals surface area contributed by atoms with E-state index in [0.717, 1.165) is 28.2 Å². The Bertz CT molecular complexity index is 593. The first-order valence-electron chi connectivity index (χ1n) is 4.92. The lowest BCUT2D eigenvalue weighted by atomic mass is 10.4. The van der Waals surface area contributed by atoms with Gasteiger partial charge in [0, 0.05) is 12.4 Å². The van der Waals surface area contributed by atoms with Crippen molar-refractivity contribution in [1.29, 1.82) is 0 Å². The fourth-order valence-electron chi connectivity index (χ4n) is 1.49. The molecule has 16 heavy (non-hydrogen) atoms. The molecule has 5 heteroatoms. The molecule has 0 aliphatic carbocycles. The van der Waals surface area contributed by atoms with Gasteiger partial charge in [0.05, 0.1) is 29.1 Å². The number of rotatable bonds is 1. The topological polar surface area (TPSA) is 67.3 Å². The molecule has 0 fully saturated rings. The predicted octanol–water partition coefficient (Wildman–Crippen LogP) is 1.72. The third-order valence-corrected chi connectivity index (χ3v) is 2.31. The summed E-state index contributed by atoms with van der Waals surface area (Å²) in [5.74, 6) is 0.718. The molecule has 5 nitrogen and oxygen atoms in total. The first-order valence-corrected chi connectivity index (χ1v) is 4.92. The average Bonchev–Trinajstić information content (AvgIpc) is 2.73. The highest BCUT2D eigenvalue weighted by Gasteiger charge is 2.05. The highest BCUT2D eigenvalue weighted by Crippen LogP contribution is 2.16. The van der Waals surface area contributed by atoms with E-state index in [9.17, 15) is 0 Å². The van der Waals surface area contributed by atoms with Crippen molar-refractivity contribution in [2.75, 3.05) is 0 Å². The summed E-state index contributed by atoms with van der Waals surface area (Å²) in [6.45, 7) is 1.90. The molecule has 3 aromatic rings. The number of hydrogen-bond donors (Lipinski definition) is 1. The number of imidazole rings is 1. The van der Waals surface area contributed by atoms with Gasteiger partial charge >= 0.3 is 0 Å². The van der Waals surface area contributed by atoms with Crippen molar-refractivity contribution in [3.8, 4) is 11.5 Å². The van der Waals surface area contributed by atoms with Crippen LogP contribution >= 0.6 is 0 Å². The second kappa shape index (κ2) is 3.37. The first kappa shape index (κ1) is 8.96. The van der Waals surface area contributed by atoms with E-state index in [1.165, 1.54) is 0 Å². The fourth-order valence-corrected chi connectivity index (χ4v) is 1.49. The Balaban J connectivity index is 2.15. The van der Waals surface area contributed by atoms with Gasteiger partial charge < -0.3 is 4.98 Å². The predicted molar refractivity (Wildman–Crippen MR) is 59.7 cm³/mol. The molecule has 0 spiro atoms. The number of nitrogens with one attached hydrogen (secondary N) is 1. The molecule has 3 rings (SSSR count). The zero-order valence-corrected chi connectivity index (χ0v) is 8.68. The van der Waals surface area contributed by atoms with E-state index in [1.54, 1.807) is 24.8 Å². The van der Waals surface area contributed by atoms with Gasteiger partial charge in [0.25, 0.3) is 0 Å². The molecule has 0 atom stereocenters. The number of pyridine rings is 1. The van der Waals surface area contributed by atoms with Gasteiger partial charge in [-0.15, -0.1) is 0 Å². The third kappa shape index (κ3) is 1.42. The van der Waals surface area contributed by atoms with Crippen LogP contribution in [0.1, 0.15) is 5.69 Å². The molecule has 0 aliphatic heterocycles. The molecule has 1 N–H and O–H groups in total. The van der Waals surface area contributed by atoms with Gasteiger partial charge in [-0.3, -0.25) is 9.97 Å². The van der Waals surface area contributed by atoms with Crippen molar-refractivity contribution in [2.45, 2.75) is 6.92 Å². The minimum absolute atomic E-state index is 0.718. The van der Waals surface area contributed by atoms with Gasteiger partial charge in [-0.2, -0.15) is 0 Å². The second-order valence-electron chi connectivity index (χ2n) is 3.52. The minimum atomic E-state index is 0.718. The SMILES string of the molecule is Cc1cnc(-c2nc3ccncc3[nH]2)cn1. The summed E-state index contributed by atoms with van der Waals surface area (Å²) < 4.78 is 0. The number of aromatic amines is 1. The Morgan fingerprint density at radius 3 is 2.81 bits per heavy atom. The Morgan fingerprint density at radius 2 is 2.06 bits per heavy atom. The van der Waals surface area contributed by atoms with Crippen molar-refractivity contribution in [3.05, 3.63) is 36.5 Å². The van der Waals surface area contributed by atoms with E-state index in [0.29, 0.717) is 0 Å². The summed E-state index contributed by atoms with van der Waals surface area (Å²) in [5, 5.41) is 0. The van der Waals surface area contributed by atoms with Gasteiger partial charge in [-0.25, -0.2) is 9.97 Å². The van der Waals surface area contributed by atoms with Gasteiger partial charge in [-0.1, -0.05) is 0 Å². The van der Waals surface area contributed by atoms with E-state index in [4.69, 9.17) is 0 Å². The number of hydrogen-bond acceptors (Lipinski definition) is 4. The number of nitrogens with zero attached hydrogens (tertiary/aromatic N) is 4. The average molecular weight is 211 g/mol. The highest BCUT2D eigenvalue weighted by molar-refractivity contribution is 5.77. The summed E-state index contributed by atoms with van der Waals surface area (Å²) in [5.41, 5.74) is 3.41.